The lowest BCUT2D eigenvalue weighted by atomic mass is 9.84. The van der Waals surface area contributed by atoms with Gasteiger partial charge in [-0.05, 0) is 49.1 Å². The summed E-state index contributed by atoms with van der Waals surface area (Å²) in [6.07, 6.45) is 1.76. The van der Waals surface area contributed by atoms with Crippen LogP contribution in [0.2, 0.25) is 0 Å². The fraction of sp³-hybridized carbons (Fsp3) is 0.538. The van der Waals surface area contributed by atoms with Gasteiger partial charge in [0.1, 0.15) is 0 Å². The van der Waals surface area contributed by atoms with Crippen LogP contribution >= 0.6 is 12.6 Å². The van der Waals surface area contributed by atoms with E-state index in [0.717, 1.165) is 44.7 Å². The van der Waals surface area contributed by atoms with Crippen LogP contribution < -0.4 is 4.90 Å². The van der Waals surface area contributed by atoms with Crippen molar-refractivity contribution in [2.75, 3.05) is 24.5 Å². The smallest absolute Gasteiger partial charge is 0.376 e. The number of nitrogens with zero attached hydrogens (tertiary/aromatic N) is 2. The Bertz CT molecular complexity index is 1150. The SMILES string of the molecule is C[C@@](O)(c1ccc(N2CCN(S(=O)(=O)c3ccccc3S)C[C@@H]2CC2CCCCC2)cc1)C(F)(F)F. The van der Waals surface area contributed by atoms with Crippen molar-refractivity contribution in [1.29, 1.82) is 0 Å². The van der Waals surface area contributed by atoms with Crippen LogP contribution in [0.4, 0.5) is 18.9 Å². The molecule has 1 aliphatic carbocycles. The number of anilines is 1. The summed E-state index contributed by atoms with van der Waals surface area (Å²) in [6.45, 7) is 1.72. The third-order valence-electron chi connectivity index (χ3n) is 7.57. The molecule has 4 rings (SSSR count). The van der Waals surface area contributed by atoms with Gasteiger partial charge in [0.25, 0.3) is 0 Å². The minimum absolute atomic E-state index is 0.113. The normalized spacial score (nSPS) is 22.4. The molecule has 36 heavy (non-hydrogen) atoms. The minimum Gasteiger partial charge on any atom is -0.376 e. The van der Waals surface area contributed by atoms with Crippen LogP contribution in [0.5, 0.6) is 0 Å². The maximum atomic E-state index is 13.5. The van der Waals surface area contributed by atoms with Gasteiger partial charge < -0.3 is 10.0 Å². The molecule has 5 nitrogen and oxygen atoms in total. The van der Waals surface area contributed by atoms with E-state index in [1.165, 1.54) is 22.9 Å². The summed E-state index contributed by atoms with van der Waals surface area (Å²) in [4.78, 5) is 2.69. The van der Waals surface area contributed by atoms with Gasteiger partial charge in [-0.15, -0.1) is 12.6 Å². The standard InChI is InChI=1S/C26H33F3N2O3S2/c1-25(32,26(27,28)29)20-11-13-21(14-12-20)31-16-15-30(18-22(31)17-19-7-3-2-4-8-19)36(33,34)24-10-6-5-9-23(24)35/h5-6,9-14,19,22,32,35H,2-4,7-8,15-18H2,1H3/t22-,25+/m0/s1. The monoisotopic (exact) mass is 542 g/mol. The Morgan fingerprint density at radius 2 is 1.64 bits per heavy atom. The lowest BCUT2D eigenvalue weighted by molar-refractivity contribution is -0.258. The number of thiol groups is 1. The van der Waals surface area contributed by atoms with Gasteiger partial charge in [-0.25, -0.2) is 8.42 Å². The molecule has 0 amide bonds. The molecule has 0 unspecified atom stereocenters. The number of aliphatic hydroxyl groups is 1. The molecule has 1 saturated carbocycles. The zero-order valence-electron chi connectivity index (χ0n) is 20.3. The topological polar surface area (TPSA) is 60.9 Å². The van der Waals surface area contributed by atoms with E-state index in [2.05, 4.69) is 17.5 Å². The van der Waals surface area contributed by atoms with Crippen LogP contribution in [0.3, 0.4) is 0 Å². The summed E-state index contributed by atoms with van der Waals surface area (Å²) in [5.41, 5.74) is -2.45. The van der Waals surface area contributed by atoms with E-state index < -0.39 is 21.8 Å². The summed E-state index contributed by atoms with van der Waals surface area (Å²) in [5.74, 6) is 0.483. The van der Waals surface area contributed by atoms with Crippen molar-refractivity contribution in [3.05, 3.63) is 54.1 Å². The van der Waals surface area contributed by atoms with Crippen molar-refractivity contribution < 1.29 is 26.7 Å². The first-order valence-corrected chi connectivity index (χ1v) is 14.2. The maximum absolute atomic E-state index is 13.5. The summed E-state index contributed by atoms with van der Waals surface area (Å²) in [5, 5.41) is 10.0. The van der Waals surface area contributed by atoms with Gasteiger partial charge in [-0.1, -0.05) is 56.4 Å². The predicted octanol–water partition coefficient (Wildman–Crippen LogP) is 5.60. The molecule has 1 saturated heterocycles. The molecule has 2 atom stereocenters. The van der Waals surface area contributed by atoms with Crippen LogP contribution in [-0.4, -0.2) is 49.7 Å². The van der Waals surface area contributed by atoms with Crippen LogP contribution in [0.25, 0.3) is 0 Å². The predicted molar refractivity (Wildman–Crippen MR) is 137 cm³/mol. The Morgan fingerprint density at radius 1 is 1.00 bits per heavy atom. The van der Waals surface area contributed by atoms with Gasteiger partial charge in [0.05, 0.1) is 4.90 Å². The van der Waals surface area contributed by atoms with Crippen molar-refractivity contribution in [1.82, 2.24) is 4.31 Å². The lowest BCUT2D eigenvalue weighted by Gasteiger charge is -2.44. The van der Waals surface area contributed by atoms with Crippen molar-refractivity contribution in [2.45, 2.75) is 73.1 Å². The lowest BCUT2D eigenvalue weighted by Crippen LogP contribution is -2.55. The molecular weight excluding hydrogens is 509 g/mol. The van der Waals surface area contributed by atoms with Crippen molar-refractivity contribution in [3.63, 3.8) is 0 Å². The molecule has 2 aliphatic rings. The number of piperazine rings is 1. The molecule has 0 aromatic heterocycles. The molecule has 2 fully saturated rings. The molecule has 198 valence electrons. The Labute approximate surface area is 216 Å². The van der Waals surface area contributed by atoms with E-state index in [0.29, 0.717) is 23.9 Å². The first kappa shape index (κ1) is 27.3. The summed E-state index contributed by atoms with van der Waals surface area (Å²) in [6, 6.07) is 12.3. The number of halogens is 3. The quantitative estimate of drug-likeness (QED) is 0.467. The second-order valence-electron chi connectivity index (χ2n) is 10.0. The highest BCUT2D eigenvalue weighted by Crippen LogP contribution is 2.40. The van der Waals surface area contributed by atoms with Gasteiger partial charge in [-0.2, -0.15) is 17.5 Å². The fourth-order valence-corrected chi connectivity index (χ4v) is 7.41. The molecule has 2 aromatic carbocycles. The maximum Gasteiger partial charge on any atom is 0.421 e. The second-order valence-corrected chi connectivity index (χ2v) is 12.4. The highest BCUT2D eigenvalue weighted by Gasteiger charge is 2.51. The molecule has 0 radical (unpaired) electrons. The van der Waals surface area contributed by atoms with Crippen molar-refractivity contribution in [3.8, 4) is 0 Å². The number of rotatable bonds is 6. The van der Waals surface area contributed by atoms with Crippen molar-refractivity contribution >= 4 is 28.3 Å². The van der Waals surface area contributed by atoms with Crippen molar-refractivity contribution in [2.24, 2.45) is 5.92 Å². The van der Waals surface area contributed by atoms with E-state index in [-0.39, 0.29) is 23.0 Å². The molecule has 0 spiro atoms. The average Bonchev–Trinajstić information content (AvgIpc) is 2.84. The van der Waals surface area contributed by atoms with E-state index in [4.69, 9.17) is 0 Å². The first-order valence-electron chi connectivity index (χ1n) is 12.4. The van der Waals surface area contributed by atoms with Gasteiger partial charge in [0, 0.05) is 36.3 Å². The molecule has 2 aromatic rings. The average molecular weight is 543 g/mol. The third-order valence-corrected chi connectivity index (χ3v) is 10.0. The van der Waals surface area contributed by atoms with E-state index in [1.54, 1.807) is 36.4 Å². The minimum atomic E-state index is -4.79. The fourth-order valence-electron chi connectivity index (χ4n) is 5.35. The Morgan fingerprint density at radius 3 is 2.25 bits per heavy atom. The number of sulfonamides is 1. The summed E-state index contributed by atoms with van der Waals surface area (Å²) in [7, 11) is -3.74. The van der Waals surface area contributed by atoms with E-state index >= 15 is 0 Å². The molecule has 0 bridgehead atoms. The second kappa shape index (κ2) is 10.6. The summed E-state index contributed by atoms with van der Waals surface area (Å²) < 4.78 is 68.3. The van der Waals surface area contributed by atoms with E-state index in [9.17, 15) is 26.7 Å². The van der Waals surface area contributed by atoms with Crippen LogP contribution in [-0.2, 0) is 15.6 Å². The number of hydrogen-bond donors (Lipinski definition) is 2. The molecular formula is C26H33F3N2O3S2. The number of benzene rings is 2. The van der Waals surface area contributed by atoms with E-state index in [1.807, 2.05) is 0 Å². The molecule has 10 heteroatoms. The van der Waals surface area contributed by atoms with Crippen LogP contribution in [0, 0.1) is 5.92 Å². The number of hydrogen-bond acceptors (Lipinski definition) is 5. The third kappa shape index (κ3) is 5.56. The van der Waals surface area contributed by atoms with Gasteiger partial charge in [0.15, 0.2) is 5.60 Å². The highest BCUT2D eigenvalue weighted by molar-refractivity contribution is 7.90. The zero-order valence-corrected chi connectivity index (χ0v) is 22.0. The first-order chi connectivity index (χ1) is 16.9. The summed E-state index contributed by atoms with van der Waals surface area (Å²) >= 11 is 4.35. The molecule has 1 aliphatic heterocycles. The Kier molecular flexibility index (Phi) is 8.00. The molecule has 1 N–H and O–H groups in total. The largest absolute Gasteiger partial charge is 0.421 e. The van der Waals surface area contributed by atoms with Gasteiger partial charge in [0.2, 0.25) is 10.0 Å². The number of alkyl halides is 3. The Balaban J connectivity index is 1.60. The van der Waals surface area contributed by atoms with Crippen LogP contribution in [0.1, 0.15) is 51.0 Å². The molecule has 1 heterocycles. The Hall–Kier alpha value is -1.75. The van der Waals surface area contributed by atoms with Gasteiger partial charge >= 0.3 is 6.18 Å². The van der Waals surface area contributed by atoms with Gasteiger partial charge in [-0.3, -0.25) is 0 Å². The highest BCUT2D eigenvalue weighted by atomic mass is 32.2. The zero-order chi connectivity index (χ0) is 26.1. The van der Waals surface area contributed by atoms with Crippen LogP contribution in [0.15, 0.2) is 58.3 Å².